The molecule has 2 aromatic rings. The second kappa shape index (κ2) is 6.87. The summed E-state index contributed by atoms with van der Waals surface area (Å²) in [5.41, 5.74) is 2.53. The smallest absolute Gasteiger partial charge is 0.0948 e. The molecule has 2 rings (SSSR count). The molecule has 0 saturated carbocycles. The van der Waals surface area contributed by atoms with E-state index in [9.17, 15) is 0 Å². The Bertz CT molecular complexity index is 522. The first-order chi connectivity index (χ1) is 9.20. The van der Waals surface area contributed by atoms with Crippen molar-refractivity contribution in [2.45, 2.75) is 39.4 Å². The highest BCUT2D eigenvalue weighted by Gasteiger charge is 2.07. The summed E-state index contributed by atoms with van der Waals surface area (Å²) in [6, 6.07) is 8.74. The molecule has 1 aromatic heterocycles. The number of rotatable bonds is 6. The highest BCUT2D eigenvalue weighted by molar-refractivity contribution is 9.10. The van der Waals surface area contributed by atoms with E-state index in [4.69, 9.17) is 0 Å². The van der Waals surface area contributed by atoms with Crippen molar-refractivity contribution in [3.05, 3.63) is 52.5 Å². The molecule has 4 heteroatoms. The lowest BCUT2D eigenvalue weighted by atomic mass is 10.1. The summed E-state index contributed by atoms with van der Waals surface area (Å²) in [4.78, 5) is 4.22. The fraction of sp³-hybridized carbons (Fsp3) is 0.400. The quantitative estimate of drug-likeness (QED) is 0.874. The van der Waals surface area contributed by atoms with Gasteiger partial charge in [0.2, 0.25) is 0 Å². The van der Waals surface area contributed by atoms with E-state index in [2.05, 4.69) is 62.8 Å². The molecular formula is C15H20BrN3. The van der Waals surface area contributed by atoms with Gasteiger partial charge in [0.1, 0.15) is 0 Å². The minimum absolute atomic E-state index is 0.322. The third kappa shape index (κ3) is 3.91. The first kappa shape index (κ1) is 14.3. The van der Waals surface area contributed by atoms with Gasteiger partial charge < -0.3 is 9.88 Å². The predicted octanol–water partition coefficient (Wildman–Crippen LogP) is 3.91. The van der Waals surface area contributed by atoms with Crippen LogP contribution < -0.4 is 5.32 Å². The molecule has 1 atom stereocenters. The maximum atomic E-state index is 4.22. The number of hydrogen-bond acceptors (Lipinski definition) is 2. The number of imidazole rings is 1. The van der Waals surface area contributed by atoms with Crippen LogP contribution in [0.25, 0.3) is 0 Å². The first-order valence-corrected chi connectivity index (χ1v) is 7.48. The van der Waals surface area contributed by atoms with E-state index < -0.39 is 0 Å². The molecule has 3 nitrogen and oxygen atoms in total. The van der Waals surface area contributed by atoms with E-state index in [0.29, 0.717) is 6.04 Å². The van der Waals surface area contributed by atoms with Gasteiger partial charge in [-0.1, -0.05) is 35.0 Å². The average Bonchev–Trinajstić information content (AvgIpc) is 2.84. The van der Waals surface area contributed by atoms with E-state index in [-0.39, 0.29) is 0 Å². The Hall–Kier alpha value is -1.13. The number of hydrogen-bond donors (Lipinski definition) is 1. The minimum Gasteiger partial charge on any atom is -0.333 e. The van der Waals surface area contributed by atoms with Crippen LogP contribution in [-0.4, -0.2) is 9.55 Å². The minimum atomic E-state index is 0.322. The van der Waals surface area contributed by atoms with Crippen molar-refractivity contribution in [1.29, 1.82) is 0 Å². The Morgan fingerprint density at radius 2 is 2.26 bits per heavy atom. The van der Waals surface area contributed by atoms with Crippen molar-refractivity contribution in [2.24, 2.45) is 0 Å². The monoisotopic (exact) mass is 321 g/mol. The average molecular weight is 322 g/mol. The summed E-state index contributed by atoms with van der Waals surface area (Å²) in [7, 11) is 0. The molecule has 0 unspecified atom stereocenters. The Morgan fingerprint density at radius 3 is 3.00 bits per heavy atom. The van der Waals surface area contributed by atoms with Gasteiger partial charge in [-0.25, -0.2) is 4.98 Å². The van der Waals surface area contributed by atoms with Gasteiger partial charge in [-0.15, -0.1) is 0 Å². The van der Waals surface area contributed by atoms with Crippen LogP contribution in [0.2, 0.25) is 0 Å². The van der Waals surface area contributed by atoms with Crippen molar-refractivity contribution >= 4 is 15.9 Å². The third-order valence-electron chi connectivity index (χ3n) is 3.20. The lowest BCUT2D eigenvalue weighted by molar-refractivity contribution is 0.541. The van der Waals surface area contributed by atoms with Gasteiger partial charge in [0.05, 0.1) is 12.0 Å². The number of nitrogens with zero attached hydrogens (tertiary/aromatic N) is 2. The topological polar surface area (TPSA) is 29.9 Å². The largest absolute Gasteiger partial charge is 0.333 e. The molecule has 0 radical (unpaired) electrons. The molecule has 0 aliphatic heterocycles. The van der Waals surface area contributed by atoms with Gasteiger partial charge in [-0.05, 0) is 31.0 Å². The summed E-state index contributed by atoms with van der Waals surface area (Å²) in [5.74, 6) is 0. The number of aromatic nitrogens is 2. The van der Waals surface area contributed by atoms with Crippen molar-refractivity contribution < 1.29 is 0 Å². The van der Waals surface area contributed by atoms with E-state index in [1.165, 1.54) is 11.3 Å². The molecule has 0 amide bonds. The van der Waals surface area contributed by atoms with E-state index >= 15 is 0 Å². The Morgan fingerprint density at radius 1 is 1.42 bits per heavy atom. The molecule has 19 heavy (non-hydrogen) atoms. The molecule has 0 spiro atoms. The lowest BCUT2D eigenvalue weighted by Crippen LogP contribution is -2.20. The van der Waals surface area contributed by atoms with Crippen molar-refractivity contribution in [3.63, 3.8) is 0 Å². The van der Waals surface area contributed by atoms with Crippen molar-refractivity contribution in [2.75, 3.05) is 0 Å². The molecule has 1 N–H and O–H groups in total. The van der Waals surface area contributed by atoms with Crippen LogP contribution in [0.1, 0.15) is 37.6 Å². The summed E-state index contributed by atoms with van der Waals surface area (Å²) in [6.07, 6.45) is 4.98. The number of benzene rings is 1. The van der Waals surface area contributed by atoms with Gasteiger partial charge in [-0.3, -0.25) is 0 Å². The zero-order valence-electron chi connectivity index (χ0n) is 11.4. The van der Waals surface area contributed by atoms with Crippen LogP contribution in [0.5, 0.6) is 0 Å². The molecule has 0 fully saturated rings. The van der Waals surface area contributed by atoms with Crippen LogP contribution in [0.15, 0.2) is 41.3 Å². The SMILES string of the molecule is CCCn1cncc1CN[C@H](C)c1cccc(Br)c1. The van der Waals surface area contributed by atoms with Gasteiger partial charge in [0.25, 0.3) is 0 Å². The zero-order valence-corrected chi connectivity index (χ0v) is 13.0. The molecule has 1 aromatic carbocycles. The molecule has 0 bridgehead atoms. The number of nitrogens with one attached hydrogen (secondary N) is 1. The van der Waals surface area contributed by atoms with E-state index in [1.807, 2.05) is 18.6 Å². The molecule has 0 aliphatic carbocycles. The third-order valence-corrected chi connectivity index (χ3v) is 3.69. The second-order valence-corrected chi connectivity index (χ2v) is 5.65. The van der Waals surface area contributed by atoms with Gasteiger partial charge in [0, 0.05) is 29.8 Å². The standard InChI is InChI=1S/C15H20BrN3/c1-3-7-19-11-17-9-15(19)10-18-12(2)13-5-4-6-14(16)8-13/h4-6,8-9,11-12,18H,3,7,10H2,1-2H3/t12-/m1/s1. The maximum absolute atomic E-state index is 4.22. The Kier molecular flexibility index (Phi) is 5.16. The van der Waals surface area contributed by atoms with Gasteiger partial charge >= 0.3 is 0 Å². The van der Waals surface area contributed by atoms with E-state index in [1.54, 1.807) is 0 Å². The maximum Gasteiger partial charge on any atom is 0.0948 e. The van der Waals surface area contributed by atoms with Crippen LogP contribution in [0, 0.1) is 0 Å². The summed E-state index contributed by atoms with van der Waals surface area (Å²) < 4.78 is 3.33. The fourth-order valence-corrected chi connectivity index (χ4v) is 2.51. The van der Waals surface area contributed by atoms with Crippen LogP contribution in [0.3, 0.4) is 0 Å². The number of halogens is 1. The van der Waals surface area contributed by atoms with Gasteiger partial charge in [0.15, 0.2) is 0 Å². The highest BCUT2D eigenvalue weighted by Crippen LogP contribution is 2.18. The summed E-state index contributed by atoms with van der Waals surface area (Å²) in [5, 5.41) is 3.55. The van der Waals surface area contributed by atoms with Crippen LogP contribution in [0.4, 0.5) is 0 Å². The second-order valence-electron chi connectivity index (χ2n) is 4.74. The lowest BCUT2D eigenvalue weighted by Gasteiger charge is -2.15. The summed E-state index contributed by atoms with van der Waals surface area (Å²) in [6.45, 7) is 6.24. The fourth-order valence-electron chi connectivity index (χ4n) is 2.09. The molecule has 1 heterocycles. The summed E-state index contributed by atoms with van der Waals surface area (Å²) >= 11 is 3.51. The predicted molar refractivity (Wildman–Crippen MR) is 81.9 cm³/mol. The van der Waals surface area contributed by atoms with Crippen molar-refractivity contribution in [1.82, 2.24) is 14.9 Å². The molecule has 102 valence electrons. The van der Waals surface area contributed by atoms with Crippen LogP contribution in [-0.2, 0) is 13.1 Å². The van der Waals surface area contributed by atoms with Gasteiger partial charge in [-0.2, -0.15) is 0 Å². The highest BCUT2D eigenvalue weighted by atomic mass is 79.9. The zero-order chi connectivity index (χ0) is 13.7. The molecular weight excluding hydrogens is 302 g/mol. The Labute approximate surface area is 123 Å². The molecule has 0 aliphatic rings. The number of aryl methyl sites for hydroxylation is 1. The van der Waals surface area contributed by atoms with E-state index in [0.717, 1.165) is 24.0 Å². The van der Waals surface area contributed by atoms with Crippen molar-refractivity contribution in [3.8, 4) is 0 Å². The molecule has 0 saturated heterocycles. The normalized spacial score (nSPS) is 12.6. The van der Waals surface area contributed by atoms with Crippen LogP contribution >= 0.6 is 15.9 Å². The Balaban J connectivity index is 1.96. The first-order valence-electron chi connectivity index (χ1n) is 6.68.